The van der Waals surface area contributed by atoms with Crippen LogP contribution in [0.3, 0.4) is 0 Å². The van der Waals surface area contributed by atoms with Crippen molar-refractivity contribution in [2.24, 2.45) is 0 Å². The topological polar surface area (TPSA) is 49.6 Å². The predicted octanol–water partition coefficient (Wildman–Crippen LogP) is 2.08. The summed E-state index contributed by atoms with van der Waals surface area (Å²) < 4.78 is 1.85. The summed E-state index contributed by atoms with van der Waals surface area (Å²) in [7, 11) is 2.23. The van der Waals surface area contributed by atoms with Crippen LogP contribution in [0.4, 0.5) is 0 Å². The minimum atomic E-state index is -0.0566. The lowest BCUT2D eigenvalue weighted by Crippen LogP contribution is -2.55. The van der Waals surface area contributed by atoms with Crippen molar-refractivity contribution in [1.82, 2.24) is 19.6 Å². The van der Waals surface area contributed by atoms with Gasteiger partial charge in [0.05, 0.1) is 11.7 Å². The third-order valence-electron chi connectivity index (χ3n) is 5.32. The van der Waals surface area contributed by atoms with E-state index in [4.69, 9.17) is 0 Å². The molecule has 0 radical (unpaired) electrons. The number of fused-ring (bicyclic) bond motifs is 3. The van der Waals surface area contributed by atoms with E-state index in [-0.39, 0.29) is 11.9 Å². The number of amides is 1. The van der Waals surface area contributed by atoms with Crippen LogP contribution in [0.2, 0.25) is 0 Å². The van der Waals surface area contributed by atoms with E-state index in [1.165, 1.54) is 19.3 Å². The number of carbonyl (C=O) groups is 1. The second-order valence-corrected chi connectivity index (χ2v) is 6.62. The first-order valence-electron chi connectivity index (χ1n) is 8.17. The van der Waals surface area contributed by atoms with Gasteiger partial charge in [0.15, 0.2) is 0 Å². The fraction of sp³-hybridized carbons (Fsp3) is 0.529. The van der Waals surface area contributed by atoms with Crippen LogP contribution in [-0.4, -0.2) is 45.4 Å². The Balaban J connectivity index is 1.50. The first-order chi connectivity index (χ1) is 10.7. The quantitative estimate of drug-likeness (QED) is 0.923. The van der Waals surface area contributed by atoms with Crippen molar-refractivity contribution in [2.45, 2.75) is 50.2 Å². The maximum absolute atomic E-state index is 12.6. The molecule has 5 heteroatoms. The van der Waals surface area contributed by atoms with Gasteiger partial charge in [0, 0.05) is 24.3 Å². The van der Waals surface area contributed by atoms with Crippen LogP contribution in [0, 0.1) is 0 Å². The van der Waals surface area contributed by atoms with E-state index in [1.807, 2.05) is 28.8 Å². The van der Waals surface area contributed by atoms with E-state index >= 15 is 0 Å². The first kappa shape index (κ1) is 13.8. The van der Waals surface area contributed by atoms with Gasteiger partial charge >= 0.3 is 0 Å². The molecule has 5 nitrogen and oxygen atoms in total. The highest BCUT2D eigenvalue weighted by atomic mass is 16.2. The molecule has 2 aromatic rings. The van der Waals surface area contributed by atoms with E-state index in [0.29, 0.717) is 17.9 Å². The Kier molecular flexibility index (Phi) is 3.37. The summed E-state index contributed by atoms with van der Waals surface area (Å²) in [5.74, 6) is 0.429. The van der Waals surface area contributed by atoms with Gasteiger partial charge in [-0.2, -0.15) is 0 Å². The monoisotopic (exact) mass is 298 g/mol. The SMILES string of the molecule is CN1C2CCCC1CC(NC(=O)c1ncc3ccccn13)C2. The van der Waals surface area contributed by atoms with Gasteiger partial charge in [0.1, 0.15) is 0 Å². The van der Waals surface area contributed by atoms with Crippen LogP contribution in [0.5, 0.6) is 0 Å². The molecule has 0 aromatic carbocycles. The smallest absolute Gasteiger partial charge is 0.287 e. The predicted molar refractivity (Wildman–Crippen MR) is 84.9 cm³/mol. The standard InChI is InChI=1S/C17H22N4O/c1-20-13-6-4-7-14(20)10-12(9-13)19-17(22)16-18-11-15-5-2-3-8-21(15)16/h2-3,5,8,11-14H,4,6-7,9-10H2,1H3,(H,19,22). The molecule has 116 valence electrons. The third kappa shape index (κ3) is 2.29. The van der Waals surface area contributed by atoms with Crippen LogP contribution in [0.25, 0.3) is 5.52 Å². The Morgan fingerprint density at radius 1 is 1.27 bits per heavy atom. The Morgan fingerprint density at radius 3 is 2.82 bits per heavy atom. The van der Waals surface area contributed by atoms with Crippen molar-refractivity contribution in [3.05, 3.63) is 36.4 Å². The summed E-state index contributed by atoms with van der Waals surface area (Å²) in [6, 6.07) is 7.35. The van der Waals surface area contributed by atoms with E-state index < -0.39 is 0 Å². The van der Waals surface area contributed by atoms with Crippen molar-refractivity contribution >= 4 is 11.4 Å². The lowest BCUT2D eigenvalue weighted by molar-refractivity contribution is 0.0460. The van der Waals surface area contributed by atoms with Crippen molar-refractivity contribution in [3.8, 4) is 0 Å². The molecule has 2 unspecified atom stereocenters. The van der Waals surface area contributed by atoms with Gasteiger partial charge in [-0.05, 0) is 44.9 Å². The number of nitrogens with one attached hydrogen (secondary N) is 1. The van der Waals surface area contributed by atoms with Gasteiger partial charge in [-0.3, -0.25) is 9.20 Å². The van der Waals surface area contributed by atoms with Crippen LogP contribution in [0.15, 0.2) is 30.6 Å². The number of aromatic nitrogens is 2. The van der Waals surface area contributed by atoms with Crippen molar-refractivity contribution in [1.29, 1.82) is 0 Å². The molecule has 2 aliphatic heterocycles. The average molecular weight is 298 g/mol. The average Bonchev–Trinajstić information content (AvgIpc) is 2.92. The molecule has 0 saturated carbocycles. The van der Waals surface area contributed by atoms with Crippen molar-refractivity contribution < 1.29 is 4.79 Å². The second-order valence-electron chi connectivity index (χ2n) is 6.62. The normalized spacial score (nSPS) is 28.7. The fourth-order valence-corrected chi connectivity index (χ4v) is 4.10. The molecule has 4 rings (SSSR count). The maximum Gasteiger partial charge on any atom is 0.287 e. The summed E-state index contributed by atoms with van der Waals surface area (Å²) in [4.78, 5) is 19.4. The molecule has 2 atom stereocenters. The van der Waals surface area contributed by atoms with Crippen LogP contribution >= 0.6 is 0 Å². The Hall–Kier alpha value is -1.88. The Bertz CT molecular complexity index is 681. The van der Waals surface area contributed by atoms with Gasteiger partial charge in [-0.1, -0.05) is 12.5 Å². The number of piperidine rings is 2. The summed E-state index contributed by atoms with van der Waals surface area (Å²) in [6.45, 7) is 0. The number of imidazole rings is 1. The number of pyridine rings is 1. The zero-order chi connectivity index (χ0) is 15.1. The van der Waals surface area contributed by atoms with E-state index in [0.717, 1.165) is 18.4 Å². The summed E-state index contributed by atoms with van der Waals surface area (Å²) in [5, 5.41) is 3.21. The summed E-state index contributed by atoms with van der Waals surface area (Å²) in [5.41, 5.74) is 0.952. The van der Waals surface area contributed by atoms with Crippen LogP contribution < -0.4 is 5.32 Å². The zero-order valence-electron chi connectivity index (χ0n) is 12.9. The first-order valence-corrected chi connectivity index (χ1v) is 8.17. The summed E-state index contributed by atoms with van der Waals surface area (Å²) in [6.07, 6.45) is 9.59. The zero-order valence-corrected chi connectivity index (χ0v) is 12.9. The Morgan fingerprint density at radius 2 is 2.05 bits per heavy atom. The largest absolute Gasteiger partial charge is 0.347 e. The molecule has 2 saturated heterocycles. The fourth-order valence-electron chi connectivity index (χ4n) is 4.10. The molecule has 2 fully saturated rings. The maximum atomic E-state index is 12.6. The summed E-state index contributed by atoms with van der Waals surface area (Å²) >= 11 is 0. The molecular formula is C17H22N4O. The number of hydrogen-bond donors (Lipinski definition) is 1. The van der Waals surface area contributed by atoms with E-state index in [9.17, 15) is 4.79 Å². The molecule has 4 heterocycles. The van der Waals surface area contributed by atoms with Gasteiger partial charge in [-0.25, -0.2) is 4.98 Å². The molecular weight excluding hydrogens is 276 g/mol. The third-order valence-corrected chi connectivity index (χ3v) is 5.32. The molecule has 1 amide bonds. The lowest BCUT2D eigenvalue weighted by atomic mass is 9.82. The molecule has 0 aliphatic carbocycles. The molecule has 0 spiro atoms. The van der Waals surface area contributed by atoms with E-state index in [2.05, 4.69) is 22.2 Å². The molecule has 2 aliphatic rings. The lowest BCUT2D eigenvalue weighted by Gasteiger charge is -2.47. The number of nitrogens with zero attached hydrogens (tertiary/aromatic N) is 3. The van der Waals surface area contributed by atoms with Gasteiger partial charge in [0.25, 0.3) is 5.91 Å². The number of carbonyl (C=O) groups excluding carboxylic acids is 1. The second kappa shape index (κ2) is 5.39. The number of hydrogen-bond acceptors (Lipinski definition) is 3. The highest BCUT2D eigenvalue weighted by molar-refractivity contribution is 5.92. The van der Waals surface area contributed by atoms with Crippen LogP contribution in [-0.2, 0) is 0 Å². The minimum Gasteiger partial charge on any atom is -0.347 e. The minimum absolute atomic E-state index is 0.0566. The van der Waals surface area contributed by atoms with Gasteiger partial charge < -0.3 is 10.2 Å². The molecule has 1 N–H and O–H groups in total. The van der Waals surface area contributed by atoms with Crippen molar-refractivity contribution in [3.63, 3.8) is 0 Å². The highest BCUT2D eigenvalue weighted by Gasteiger charge is 2.36. The highest BCUT2D eigenvalue weighted by Crippen LogP contribution is 2.32. The van der Waals surface area contributed by atoms with Crippen LogP contribution in [0.1, 0.15) is 42.7 Å². The molecule has 22 heavy (non-hydrogen) atoms. The van der Waals surface area contributed by atoms with Gasteiger partial charge in [-0.15, -0.1) is 0 Å². The Labute approximate surface area is 130 Å². The van der Waals surface area contributed by atoms with Crippen molar-refractivity contribution in [2.75, 3.05) is 7.05 Å². The van der Waals surface area contributed by atoms with Gasteiger partial charge in [0.2, 0.25) is 5.82 Å². The molecule has 2 bridgehead atoms. The van der Waals surface area contributed by atoms with E-state index in [1.54, 1.807) is 6.20 Å². The number of rotatable bonds is 2. The molecule has 2 aromatic heterocycles.